The topological polar surface area (TPSA) is 237 Å². The molecule has 0 saturated carbocycles. The first kappa shape index (κ1) is 98.1. The molecule has 0 aromatic carbocycles. The maximum atomic E-state index is 13.1. The van der Waals surface area contributed by atoms with E-state index in [1.54, 1.807) is 0 Å². The number of carbonyl (C=O) groups is 4. The Kier molecular flexibility index (Phi) is 71.2. The molecule has 0 fully saturated rings. The molecule has 0 rings (SSSR count). The minimum Gasteiger partial charge on any atom is -0.462 e. The van der Waals surface area contributed by atoms with E-state index in [2.05, 4.69) is 41.5 Å². The highest BCUT2D eigenvalue weighted by atomic mass is 31.2. The molecule has 0 aromatic rings. The number of aliphatic hydroxyl groups excluding tert-OH is 1. The van der Waals surface area contributed by atoms with Gasteiger partial charge in [-0.25, -0.2) is 9.13 Å². The third-order valence-corrected chi connectivity index (χ3v) is 20.9. The summed E-state index contributed by atoms with van der Waals surface area (Å²) in [7, 11) is -9.92. The molecule has 0 aliphatic carbocycles. The third-order valence-electron chi connectivity index (χ3n) is 19.0. The molecule has 0 aromatic heterocycles. The van der Waals surface area contributed by atoms with Crippen LogP contribution in [0.5, 0.6) is 0 Å². The monoisotopic (exact) mass is 1470 g/mol. The van der Waals surface area contributed by atoms with Crippen molar-refractivity contribution in [2.75, 3.05) is 39.6 Å². The number of hydrogen-bond acceptors (Lipinski definition) is 15. The number of carbonyl (C=O) groups excluding carboxylic acids is 4. The molecule has 19 heteroatoms. The van der Waals surface area contributed by atoms with Crippen LogP contribution in [-0.2, 0) is 65.4 Å². The molecule has 0 radical (unpaired) electrons. The molecule has 3 N–H and O–H groups in total. The first-order chi connectivity index (χ1) is 48.4. The van der Waals surface area contributed by atoms with E-state index >= 15 is 0 Å². The van der Waals surface area contributed by atoms with Gasteiger partial charge in [-0.2, -0.15) is 0 Å². The van der Waals surface area contributed by atoms with Gasteiger partial charge in [-0.15, -0.1) is 0 Å². The van der Waals surface area contributed by atoms with Crippen molar-refractivity contribution in [3.8, 4) is 0 Å². The minimum absolute atomic E-state index is 0.107. The zero-order valence-corrected chi connectivity index (χ0v) is 67.3. The smallest absolute Gasteiger partial charge is 0.462 e. The van der Waals surface area contributed by atoms with E-state index in [1.807, 2.05) is 0 Å². The van der Waals surface area contributed by atoms with Crippen molar-refractivity contribution in [1.29, 1.82) is 0 Å². The molecule has 0 aliphatic heterocycles. The van der Waals surface area contributed by atoms with Gasteiger partial charge in [0.25, 0.3) is 0 Å². The van der Waals surface area contributed by atoms with Gasteiger partial charge in [-0.05, 0) is 37.5 Å². The predicted octanol–water partition coefficient (Wildman–Crippen LogP) is 24.3. The highest BCUT2D eigenvalue weighted by Crippen LogP contribution is 2.45. The number of phosphoric ester groups is 2. The van der Waals surface area contributed by atoms with Crippen molar-refractivity contribution in [2.24, 2.45) is 11.8 Å². The van der Waals surface area contributed by atoms with Gasteiger partial charge in [0, 0.05) is 25.7 Å². The largest absolute Gasteiger partial charge is 0.472 e. The van der Waals surface area contributed by atoms with Crippen LogP contribution in [-0.4, -0.2) is 96.7 Å². The van der Waals surface area contributed by atoms with Crippen molar-refractivity contribution in [3.05, 3.63) is 0 Å². The summed E-state index contributed by atoms with van der Waals surface area (Å²) in [5.41, 5.74) is 0. The van der Waals surface area contributed by atoms with Gasteiger partial charge in [0.15, 0.2) is 12.2 Å². The number of unbranched alkanes of at least 4 members (excludes halogenated alkanes) is 50. The Labute approximate surface area is 613 Å². The summed E-state index contributed by atoms with van der Waals surface area (Å²) >= 11 is 0. The molecule has 0 amide bonds. The van der Waals surface area contributed by atoms with Crippen LogP contribution in [0, 0.1) is 11.8 Å². The van der Waals surface area contributed by atoms with Crippen LogP contribution in [0.1, 0.15) is 427 Å². The molecular weight excluding hydrogens is 1310 g/mol. The lowest BCUT2D eigenvalue weighted by Crippen LogP contribution is -2.30. The molecular formula is C81H158O17P2. The van der Waals surface area contributed by atoms with E-state index < -0.39 is 97.5 Å². The summed E-state index contributed by atoms with van der Waals surface area (Å²) in [6.07, 6.45) is 62.7. The lowest BCUT2D eigenvalue weighted by atomic mass is 10.0. The maximum absolute atomic E-state index is 13.1. The minimum atomic E-state index is -4.96. The van der Waals surface area contributed by atoms with Crippen LogP contribution < -0.4 is 0 Å². The van der Waals surface area contributed by atoms with E-state index in [0.717, 1.165) is 102 Å². The number of rotatable bonds is 80. The number of hydrogen-bond donors (Lipinski definition) is 3. The predicted molar refractivity (Wildman–Crippen MR) is 409 cm³/mol. The first-order valence-electron chi connectivity index (χ1n) is 42.0. The Balaban J connectivity index is 5.20. The Morgan fingerprint density at radius 2 is 0.460 bits per heavy atom. The summed E-state index contributed by atoms with van der Waals surface area (Å²) in [6, 6.07) is 0. The summed E-state index contributed by atoms with van der Waals surface area (Å²) in [5, 5.41) is 10.6. The second kappa shape index (κ2) is 72.6. The number of aliphatic hydroxyl groups is 1. The Morgan fingerprint density at radius 1 is 0.270 bits per heavy atom. The number of phosphoric acid groups is 2. The Bertz CT molecular complexity index is 1920. The van der Waals surface area contributed by atoms with Gasteiger partial charge >= 0.3 is 39.5 Å². The zero-order valence-electron chi connectivity index (χ0n) is 65.5. The summed E-state index contributed by atoms with van der Waals surface area (Å²) in [6.45, 7) is 9.58. The molecule has 0 heterocycles. The van der Waals surface area contributed by atoms with Crippen LogP contribution in [0.4, 0.5) is 0 Å². The van der Waals surface area contributed by atoms with E-state index in [9.17, 15) is 43.2 Å². The summed E-state index contributed by atoms with van der Waals surface area (Å²) in [5.74, 6) is -0.611. The molecule has 0 spiro atoms. The second-order valence-corrected chi connectivity index (χ2v) is 33.0. The van der Waals surface area contributed by atoms with Gasteiger partial charge in [0.1, 0.15) is 19.3 Å². The van der Waals surface area contributed by atoms with Gasteiger partial charge in [0.05, 0.1) is 26.4 Å². The molecule has 594 valence electrons. The van der Waals surface area contributed by atoms with Gasteiger partial charge in [-0.3, -0.25) is 37.3 Å². The maximum Gasteiger partial charge on any atom is 0.472 e. The van der Waals surface area contributed by atoms with Crippen LogP contribution >= 0.6 is 15.6 Å². The SMILES string of the molecule is CCCCCCCCCCCCCCCCCCCCC(=O)OC[C@H](COP(=O)(O)OC[C@@H](O)COP(=O)(O)OC[C@@H](COC(=O)CCCCCCCCC(C)C)OC(=O)CCCCCCCCCCCCCC)OC(=O)CCCCCCCCCCCCCCCCCCCCC(C)C. The fourth-order valence-corrected chi connectivity index (χ4v) is 14.1. The fourth-order valence-electron chi connectivity index (χ4n) is 12.5. The van der Waals surface area contributed by atoms with Crippen molar-refractivity contribution >= 4 is 39.5 Å². The molecule has 0 saturated heterocycles. The number of esters is 4. The standard InChI is InChI=1S/C81H158O17P2/c1-7-9-11-13-15-17-19-21-22-23-27-30-33-37-40-44-51-57-63-78(83)91-69-76(97-81(86)66-60-54-46-42-38-34-31-28-25-24-26-29-32-35-39-43-49-55-61-73(3)4)71-95-99(87,88)93-67-75(82)68-94-100(89,90)96-72-77(70-92-79(84)64-58-52-48-47-50-56-62-74(5)6)98-80(85)65-59-53-45-41-36-20-18-16-14-12-10-8-2/h73-77,82H,7-72H2,1-6H3,(H,87,88)(H,89,90)/t75-,76-,77-/m1/s1. The van der Waals surface area contributed by atoms with E-state index in [1.165, 1.54) is 238 Å². The van der Waals surface area contributed by atoms with Crippen LogP contribution in [0.25, 0.3) is 0 Å². The molecule has 100 heavy (non-hydrogen) atoms. The molecule has 2 unspecified atom stereocenters. The summed E-state index contributed by atoms with van der Waals surface area (Å²) < 4.78 is 68.6. The first-order valence-corrected chi connectivity index (χ1v) is 45.0. The third kappa shape index (κ3) is 74.3. The normalized spacial score (nSPS) is 13.9. The molecule has 5 atom stereocenters. The van der Waals surface area contributed by atoms with Gasteiger partial charge in [-0.1, -0.05) is 375 Å². The average Bonchev–Trinajstić information content (AvgIpc) is 0.953. The van der Waals surface area contributed by atoms with Crippen LogP contribution in [0.2, 0.25) is 0 Å². The van der Waals surface area contributed by atoms with Gasteiger partial charge < -0.3 is 33.8 Å². The lowest BCUT2D eigenvalue weighted by Gasteiger charge is -2.21. The van der Waals surface area contributed by atoms with E-state index in [-0.39, 0.29) is 25.7 Å². The van der Waals surface area contributed by atoms with Crippen molar-refractivity contribution in [2.45, 2.75) is 445 Å². The highest BCUT2D eigenvalue weighted by molar-refractivity contribution is 7.47. The van der Waals surface area contributed by atoms with Crippen LogP contribution in [0.3, 0.4) is 0 Å². The van der Waals surface area contributed by atoms with E-state index in [0.29, 0.717) is 31.6 Å². The molecule has 17 nitrogen and oxygen atoms in total. The van der Waals surface area contributed by atoms with Crippen molar-refractivity contribution in [1.82, 2.24) is 0 Å². The highest BCUT2D eigenvalue weighted by Gasteiger charge is 2.30. The molecule has 0 aliphatic rings. The zero-order chi connectivity index (χ0) is 73.5. The van der Waals surface area contributed by atoms with Crippen molar-refractivity contribution < 1.29 is 80.2 Å². The lowest BCUT2D eigenvalue weighted by molar-refractivity contribution is -0.161. The van der Waals surface area contributed by atoms with Gasteiger partial charge in [0.2, 0.25) is 0 Å². The quantitative estimate of drug-likeness (QED) is 0.0222. The Hall–Kier alpha value is -1.94. The average molecular weight is 1470 g/mol. The molecule has 0 bridgehead atoms. The fraction of sp³-hybridized carbons (Fsp3) is 0.951. The Morgan fingerprint density at radius 3 is 0.680 bits per heavy atom. The second-order valence-electron chi connectivity index (χ2n) is 30.1. The van der Waals surface area contributed by atoms with Crippen molar-refractivity contribution in [3.63, 3.8) is 0 Å². The summed E-state index contributed by atoms with van der Waals surface area (Å²) in [4.78, 5) is 72.9. The van der Waals surface area contributed by atoms with E-state index in [4.69, 9.17) is 37.0 Å². The van der Waals surface area contributed by atoms with Crippen LogP contribution in [0.15, 0.2) is 0 Å². The number of ether oxygens (including phenoxy) is 4.